The van der Waals surface area contributed by atoms with Crippen molar-refractivity contribution in [2.75, 3.05) is 0 Å². The van der Waals surface area contributed by atoms with Gasteiger partial charge in [0, 0.05) is 22.6 Å². The molecule has 2 fully saturated rings. The van der Waals surface area contributed by atoms with E-state index in [2.05, 4.69) is 46.2 Å². The molecule has 2 aliphatic rings. The highest BCUT2D eigenvalue weighted by Crippen LogP contribution is 2.33. The fourth-order valence-electron chi connectivity index (χ4n) is 4.33. The first-order valence-corrected chi connectivity index (χ1v) is 9.88. The van der Waals surface area contributed by atoms with Gasteiger partial charge in [-0.25, -0.2) is 4.79 Å². The predicted octanol–water partition coefficient (Wildman–Crippen LogP) is 3.99. The monoisotopic (exact) mass is 378 g/mol. The van der Waals surface area contributed by atoms with Crippen molar-refractivity contribution in [1.29, 1.82) is 0 Å². The molecule has 1 aliphatic heterocycles. The Hall–Kier alpha value is -2.89. The first kappa shape index (κ1) is 18.5. The number of rotatable bonds is 3. The van der Waals surface area contributed by atoms with Crippen LogP contribution in [-0.4, -0.2) is 33.3 Å². The topological polar surface area (TPSA) is 66.7 Å². The normalized spacial score (nSPS) is 19.0. The lowest BCUT2D eigenvalue weighted by atomic mass is 9.82. The zero-order chi connectivity index (χ0) is 19.9. The molecule has 1 aromatic carbocycles. The number of amides is 3. The van der Waals surface area contributed by atoms with Crippen LogP contribution >= 0.6 is 0 Å². The Kier molecular flexibility index (Phi) is 4.57. The number of aryl methyl sites for hydroxylation is 2. The van der Waals surface area contributed by atoms with Crippen LogP contribution in [0.15, 0.2) is 35.4 Å². The molecule has 2 aromatic rings. The van der Waals surface area contributed by atoms with Gasteiger partial charge in [-0.05, 0) is 51.8 Å². The van der Waals surface area contributed by atoms with Crippen LogP contribution in [0.1, 0.15) is 54.6 Å². The maximum absolute atomic E-state index is 12.8. The van der Waals surface area contributed by atoms with E-state index in [9.17, 15) is 9.59 Å². The van der Waals surface area contributed by atoms with E-state index in [0.717, 1.165) is 46.9 Å². The summed E-state index contributed by atoms with van der Waals surface area (Å²) in [6, 6.07) is 9.93. The molecule has 2 heterocycles. The zero-order valence-corrected chi connectivity index (χ0v) is 16.7. The van der Waals surface area contributed by atoms with Crippen molar-refractivity contribution in [2.24, 2.45) is 5.10 Å². The number of aromatic nitrogens is 1. The molecule has 0 radical (unpaired) electrons. The minimum Gasteiger partial charge on any atom is -0.321 e. The lowest BCUT2D eigenvalue weighted by Crippen LogP contribution is -2.48. The van der Waals surface area contributed by atoms with Crippen molar-refractivity contribution in [1.82, 2.24) is 14.9 Å². The quantitative estimate of drug-likeness (QED) is 0.648. The van der Waals surface area contributed by atoms with Crippen LogP contribution in [-0.2, 0) is 4.79 Å². The summed E-state index contributed by atoms with van der Waals surface area (Å²) in [4.78, 5) is 25.2. The standard InChI is InChI=1S/C22H26N4O2/c1-15-7-9-19(10-8-15)25-16(2)13-18(17(25)3)14-23-26-20(27)22(24-21(26)28)11-5-4-6-12-22/h7-10,13-14H,4-6,11-12H2,1-3H3,(H,24,28). The van der Waals surface area contributed by atoms with Crippen molar-refractivity contribution in [2.45, 2.75) is 58.4 Å². The van der Waals surface area contributed by atoms with Gasteiger partial charge in [-0.1, -0.05) is 37.0 Å². The molecule has 28 heavy (non-hydrogen) atoms. The summed E-state index contributed by atoms with van der Waals surface area (Å²) in [5.41, 5.74) is 4.53. The number of hydrogen-bond acceptors (Lipinski definition) is 3. The number of urea groups is 1. The highest BCUT2D eigenvalue weighted by Gasteiger charge is 2.51. The van der Waals surface area contributed by atoms with Crippen LogP contribution in [0, 0.1) is 20.8 Å². The molecule has 1 aliphatic carbocycles. The number of carbonyl (C=O) groups is 2. The van der Waals surface area contributed by atoms with E-state index in [1.165, 1.54) is 5.56 Å². The van der Waals surface area contributed by atoms with Gasteiger partial charge >= 0.3 is 6.03 Å². The third-order valence-corrected chi connectivity index (χ3v) is 5.92. The Morgan fingerprint density at radius 1 is 1.04 bits per heavy atom. The Bertz CT molecular complexity index is 950. The summed E-state index contributed by atoms with van der Waals surface area (Å²) in [6.45, 7) is 6.12. The molecule has 0 bridgehead atoms. The Morgan fingerprint density at radius 3 is 2.39 bits per heavy atom. The van der Waals surface area contributed by atoms with Gasteiger partial charge < -0.3 is 9.88 Å². The van der Waals surface area contributed by atoms with Crippen molar-refractivity contribution in [3.8, 4) is 5.69 Å². The molecule has 3 amide bonds. The molecule has 1 saturated carbocycles. The fraction of sp³-hybridized carbons (Fsp3) is 0.409. The van der Waals surface area contributed by atoms with Crippen LogP contribution in [0.5, 0.6) is 0 Å². The smallest absolute Gasteiger partial charge is 0.321 e. The van der Waals surface area contributed by atoms with E-state index < -0.39 is 11.6 Å². The summed E-state index contributed by atoms with van der Waals surface area (Å²) in [5.74, 6) is -0.221. The maximum atomic E-state index is 12.8. The summed E-state index contributed by atoms with van der Waals surface area (Å²) in [6.07, 6.45) is 6.05. The van der Waals surface area contributed by atoms with Gasteiger partial charge in [0.25, 0.3) is 5.91 Å². The lowest BCUT2D eigenvalue weighted by Gasteiger charge is -2.29. The number of nitrogens with zero attached hydrogens (tertiary/aromatic N) is 3. The molecule has 0 unspecified atom stereocenters. The van der Waals surface area contributed by atoms with Crippen LogP contribution in [0.2, 0.25) is 0 Å². The molecule has 146 valence electrons. The predicted molar refractivity (Wildman–Crippen MR) is 109 cm³/mol. The van der Waals surface area contributed by atoms with Crippen molar-refractivity contribution in [3.63, 3.8) is 0 Å². The van der Waals surface area contributed by atoms with Crippen LogP contribution in [0.3, 0.4) is 0 Å². The average molecular weight is 378 g/mol. The van der Waals surface area contributed by atoms with Gasteiger partial charge in [0.2, 0.25) is 0 Å². The molecule has 6 nitrogen and oxygen atoms in total. The first-order valence-electron chi connectivity index (χ1n) is 9.88. The fourth-order valence-corrected chi connectivity index (χ4v) is 4.33. The van der Waals surface area contributed by atoms with E-state index in [-0.39, 0.29) is 5.91 Å². The van der Waals surface area contributed by atoms with Crippen LogP contribution < -0.4 is 5.32 Å². The molecule has 0 atom stereocenters. The SMILES string of the molecule is Cc1ccc(-n2c(C)cc(C=NN3C(=O)NC4(CCCCC4)C3=O)c2C)cc1. The van der Waals surface area contributed by atoms with E-state index in [4.69, 9.17) is 0 Å². The number of hydrazone groups is 1. The molecule has 1 aromatic heterocycles. The Morgan fingerprint density at radius 2 is 1.71 bits per heavy atom. The number of carbonyl (C=O) groups excluding carboxylic acids is 2. The molecule has 1 N–H and O–H groups in total. The third-order valence-electron chi connectivity index (χ3n) is 5.92. The van der Waals surface area contributed by atoms with E-state index in [0.29, 0.717) is 12.8 Å². The Balaban J connectivity index is 1.60. The second-order valence-corrected chi connectivity index (χ2v) is 7.93. The van der Waals surface area contributed by atoms with Crippen LogP contribution in [0.25, 0.3) is 5.69 Å². The number of nitrogens with one attached hydrogen (secondary N) is 1. The Labute approximate surface area is 165 Å². The molecule has 1 saturated heterocycles. The second kappa shape index (κ2) is 6.93. The lowest BCUT2D eigenvalue weighted by molar-refractivity contribution is -0.132. The third kappa shape index (κ3) is 3.03. The van der Waals surface area contributed by atoms with Crippen LogP contribution in [0.4, 0.5) is 4.79 Å². The highest BCUT2D eigenvalue weighted by atomic mass is 16.2. The van der Waals surface area contributed by atoms with Gasteiger partial charge in [0.1, 0.15) is 5.54 Å². The molecular weight excluding hydrogens is 352 g/mol. The average Bonchev–Trinajstić information content (AvgIpc) is 3.08. The summed E-state index contributed by atoms with van der Waals surface area (Å²) >= 11 is 0. The summed E-state index contributed by atoms with van der Waals surface area (Å²) < 4.78 is 2.15. The van der Waals surface area contributed by atoms with E-state index in [1.54, 1.807) is 6.21 Å². The van der Waals surface area contributed by atoms with Crippen molar-refractivity contribution >= 4 is 18.2 Å². The minimum atomic E-state index is -0.745. The van der Waals surface area contributed by atoms with E-state index in [1.807, 2.05) is 19.9 Å². The summed E-state index contributed by atoms with van der Waals surface area (Å²) in [5, 5.41) is 8.15. The molecule has 4 rings (SSSR count). The first-order chi connectivity index (χ1) is 13.4. The summed E-state index contributed by atoms with van der Waals surface area (Å²) in [7, 11) is 0. The molecule has 1 spiro atoms. The van der Waals surface area contributed by atoms with Gasteiger partial charge in [0.05, 0.1) is 6.21 Å². The highest BCUT2D eigenvalue weighted by molar-refractivity contribution is 6.07. The molecular formula is C22H26N4O2. The van der Waals surface area contributed by atoms with Crippen molar-refractivity contribution in [3.05, 3.63) is 52.8 Å². The number of imide groups is 1. The molecule has 6 heteroatoms. The van der Waals surface area contributed by atoms with E-state index >= 15 is 0 Å². The number of benzene rings is 1. The zero-order valence-electron chi connectivity index (χ0n) is 16.7. The van der Waals surface area contributed by atoms with Gasteiger partial charge in [-0.15, -0.1) is 5.01 Å². The maximum Gasteiger partial charge on any atom is 0.346 e. The van der Waals surface area contributed by atoms with Gasteiger partial charge in [-0.3, -0.25) is 4.79 Å². The van der Waals surface area contributed by atoms with Gasteiger partial charge in [0.15, 0.2) is 0 Å². The second-order valence-electron chi connectivity index (χ2n) is 7.93. The number of hydrogen-bond donors (Lipinski definition) is 1. The van der Waals surface area contributed by atoms with Gasteiger partial charge in [-0.2, -0.15) is 5.10 Å². The largest absolute Gasteiger partial charge is 0.346 e. The minimum absolute atomic E-state index is 0.221. The van der Waals surface area contributed by atoms with Crippen molar-refractivity contribution < 1.29 is 9.59 Å².